The SMILES string of the molecule is [2H]C([2H])(c1ccccc1)[C@H](NC(C)=O)C(=O)OC. The van der Waals surface area contributed by atoms with Crippen molar-refractivity contribution in [2.45, 2.75) is 19.3 Å². The zero-order chi connectivity index (χ0) is 13.8. The summed E-state index contributed by atoms with van der Waals surface area (Å²) < 4.78 is 20.5. The third kappa shape index (κ3) is 3.73. The fraction of sp³-hybridized carbons (Fsp3) is 0.333. The van der Waals surface area contributed by atoms with E-state index in [0.717, 1.165) is 7.11 Å². The fourth-order valence-corrected chi connectivity index (χ4v) is 1.18. The molecule has 1 aromatic rings. The molecule has 0 spiro atoms. The van der Waals surface area contributed by atoms with Crippen LogP contribution >= 0.6 is 0 Å². The number of hydrogen-bond donors (Lipinski definition) is 1. The van der Waals surface area contributed by atoms with Gasteiger partial charge in [-0.2, -0.15) is 0 Å². The van der Waals surface area contributed by atoms with Crippen molar-refractivity contribution in [3.05, 3.63) is 35.9 Å². The second kappa shape index (κ2) is 5.90. The number of carbonyl (C=O) groups excluding carboxylic acids is 2. The van der Waals surface area contributed by atoms with E-state index in [4.69, 9.17) is 2.74 Å². The highest BCUT2D eigenvalue weighted by Crippen LogP contribution is 2.04. The topological polar surface area (TPSA) is 55.4 Å². The average molecular weight is 223 g/mol. The lowest BCUT2D eigenvalue weighted by atomic mass is 10.1. The van der Waals surface area contributed by atoms with Crippen LogP contribution < -0.4 is 5.32 Å². The highest BCUT2D eigenvalue weighted by molar-refractivity contribution is 5.83. The lowest BCUT2D eigenvalue weighted by Crippen LogP contribution is -2.41. The molecule has 0 aliphatic carbocycles. The Kier molecular flexibility index (Phi) is 3.46. The van der Waals surface area contributed by atoms with E-state index in [1.807, 2.05) is 0 Å². The van der Waals surface area contributed by atoms with E-state index >= 15 is 0 Å². The second-order valence-corrected chi connectivity index (χ2v) is 3.17. The van der Waals surface area contributed by atoms with Gasteiger partial charge in [-0.25, -0.2) is 4.79 Å². The zero-order valence-electron chi connectivity index (χ0n) is 11.2. The first-order valence-corrected chi connectivity index (χ1v) is 4.80. The van der Waals surface area contributed by atoms with Crippen LogP contribution in [0.4, 0.5) is 0 Å². The quantitative estimate of drug-likeness (QED) is 0.772. The maximum absolute atomic E-state index is 11.6. The lowest BCUT2D eigenvalue weighted by Gasteiger charge is -2.15. The minimum atomic E-state index is -2.04. The third-order valence-corrected chi connectivity index (χ3v) is 1.87. The van der Waals surface area contributed by atoms with Gasteiger partial charge < -0.3 is 10.1 Å². The van der Waals surface area contributed by atoms with Crippen LogP contribution in [0, 0.1) is 0 Å². The molecule has 1 rings (SSSR count). The summed E-state index contributed by atoms with van der Waals surface area (Å²) in [6.07, 6.45) is -2.04. The van der Waals surface area contributed by atoms with Crippen LogP contribution in [0.25, 0.3) is 0 Å². The molecule has 0 unspecified atom stereocenters. The van der Waals surface area contributed by atoms with E-state index < -0.39 is 24.3 Å². The van der Waals surface area contributed by atoms with Gasteiger partial charge in [0, 0.05) is 16.0 Å². The number of nitrogens with one attached hydrogen (secondary N) is 1. The van der Waals surface area contributed by atoms with E-state index in [-0.39, 0.29) is 0 Å². The highest BCUT2D eigenvalue weighted by atomic mass is 16.5. The van der Waals surface area contributed by atoms with Crippen molar-refractivity contribution < 1.29 is 17.1 Å². The number of amides is 1. The molecule has 0 fully saturated rings. The van der Waals surface area contributed by atoms with Crippen LogP contribution in [0.5, 0.6) is 0 Å². The van der Waals surface area contributed by atoms with Crippen molar-refractivity contribution in [2.75, 3.05) is 7.11 Å². The molecule has 1 N–H and O–H groups in total. The first-order chi connectivity index (χ1) is 8.39. The number of methoxy groups -OCH3 is 1. The molecule has 0 bridgehead atoms. The minimum Gasteiger partial charge on any atom is -0.467 e. The Morgan fingerprint density at radius 3 is 2.56 bits per heavy atom. The second-order valence-electron chi connectivity index (χ2n) is 3.17. The van der Waals surface area contributed by atoms with Gasteiger partial charge in [-0.1, -0.05) is 30.3 Å². The molecule has 1 amide bonds. The van der Waals surface area contributed by atoms with Gasteiger partial charge in [-0.3, -0.25) is 4.79 Å². The largest absolute Gasteiger partial charge is 0.467 e. The highest BCUT2D eigenvalue weighted by Gasteiger charge is 2.20. The number of rotatable bonds is 4. The molecule has 0 aliphatic rings. The molecule has 4 heteroatoms. The predicted octanol–water partition coefficient (Wildman–Crippen LogP) is 0.907. The summed E-state index contributed by atoms with van der Waals surface area (Å²) in [4.78, 5) is 22.7. The van der Waals surface area contributed by atoms with Crippen LogP contribution in [0.2, 0.25) is 0 Å². The summed E-state index contributed by atoms with van der Waals surface area (Å²) in [5.41, 5.74) is 0.300. The minimum absolute atomic E-state index is 0.300. The molecule has 0 heterocycles. The van der Waals surface area contributed by atoms with Crippen LogP contribution in [0.1, 0.15) is 15.2 Å². The third-order valence-electron chi connectivity index (χ3n) is 1.87. The van der Waals surface area contributed by atoms with Gasteiger partial charge in [0.15, 0.2) is 0 Å². The van der Waals surface area contributed by atoms with Gasteiger partial charge in [-0.05, 0) is 5.56 Å². The van der Waals surface area contributed by atoms with Gasteiger partial charge in [0.2, 0.25) is 5.91 Å². The Hall–Kier alpha value is -1.84. The average Bonchev–Trinajstić information content (AvgIpc) is 2.35. The molecule has 0 aliphatic heterocycles. The van der Waals surface area contributed by atoms with Crippen molar-refractivity contribution in [3.8, 4) is 0 Å². The standard InChI is InChI=1S/C12H15NO3/c1-9(14)13-11(12(15)16-2)8-10-6-4-3-5-7-10/h3-7,11H,8H2,1-2H3,(H,13,14)/t11-/m0/s1/i8D2. The molecule has 1 aromatic carbocycles. The maximum Gasteiger partial charge on any atom is 0.328 e. The van der Waals surface area contributed by atoms with Gasteiger partial charge in [0.1, 0.15) is 6.04 Å². The van der Waals surface area contributed by atoms with Crippen molar-refractivity contribution in [1.82, 2.24) is 5.32 Å². The Morgan fingerprint density at radius 2 is 2.06 bits per heavy atom. The Bertz CT molecular complexity index is 434. The normalized spacial score (nSPS) is 14.4. The number of esters is 1. The number of carbonyl (C=O) groups is 2. The van der Waals surface area contributed by atoms with E-state index in [9.17, 15) is 9.59 Å². The van der Waals surface area contributed by atoms with Gasteiger partial charge >= 0.3 is 5.97 Å². The number of ether oxygens (including phenoxy) is 1. The first-order valence-electron chi connectivity index (χ1n) is 5.80. The van der Waals surface area contributed by atoms with Crippen LogP contribution in [0.15, 0.2) is 30.3 Å². The summed E-state index contributed by atoms with van der Waals surface area (Å²) >= 11 is 0. The molecule has 86 valence electrons. The van der Waals surface area contributed by atoms with Crippen molar-refractivity contribution in [3.63, 3.8) is 0 Å². The van der Waals surface area contributed by atoms with Crippen LogP contribution in [-0.4, -0.2) is 25.0 Å². The molecular formula is C12H15NO3. The van der Waals surface area contributed by atoms with Gasteiger partial charge in [-0.15, -0.1) is 0 Å². The zero-order valence-corrected chi connectivity index (χ0v) is 9.19. The summed E-state index contributed by atoms with van der Waals surface area (Å²) in [5, 5.41) is 2.28. The van der Waals surface area contributed by atoms with Crippen molar-refractivity contribution in [2.24, 2.45) is 0 Å². The molecule has 4 nitrogen and oxygen atoms in total. The molecule has 16 heavy (non-hydrogen) atoms. The van der Waals surface area contributed by atoms with Crippen LogP contribution in [0.3, 0.4) is 0 Å². The molecule has 0 aromatic heterocycles. The van der Waals surface area contributed by atoms with E-state index in [1.165, 1.54) is 6.92 Å². The Morgan fingerprint density at radius 1 is 1.44 bits per heavy atom. The van der Waals surface area contributed by atoms with Gasteiger partial charge in [0.05, 0.1) is 7.11 Å². The van der Waals surface area contributed by atoms with Gasteiger partial charge in [0.25, 0.3) is 0 Å². The fourth-order valence-electron chi connectivity index (χ4n) is 1.18. The Balaban J connectivity index is 3.10. The van der Waals surface area contributed by atoms with Crippen molar-refractivity contribution in [1.29, 1.82) is 0 Å². The van der Waals surface area contributed by atoms with Crippen molar-refractivity contribution >= 4 is 11.9 Å². The molecule has 1 atom stereocenters. The van der Waals surface area contributed by atoms with Crippen LogP contribution in [-0.2, 0) is 20.7 Å². The molecule has 0 radical (unpaired) electrons. The summed E-state index contributed by atoms with van der Waals surface area (Å²) in [7, 11) is 1.15. The Labute approximate surface area is 97.4 Å². The monoisotopic (exact) mass is 223 g/mol. The summed E-state index contributed by atoms with van der Waals surface area (Å²) in [5.74, 6) is -1.32. The molecule has 0 saturated heterocycles. The van der Waals surface area contributed by atoms with E-state index in [1.54, 1.807) is 30.3 Å². The smallest absolute Gasteiger partial charge is 0.328 e. The van der Waals surface area contributed by atoms with E-state index in [0.29, 0.717) is 5.56 Å². The maximum atomic E-state index is 11.6. The first kappa shape index (κ1) is 9.39. The molecule has 0 saturated carbocycles. The van der Waals surface area contributed by atoms with E-state index in [2.05, 4.69) is 10.1 Å². The molecular weight excluding hydrogens is 206 g/mol. The number of benzene rings is 1. The summed E-state index contributed by atoms with van der Waals surface area (Å²) in [6, 6.07) is 6.80. The predicted molar refractivity (Wildman–Crippen MR) is 59.8 cm³/mol. The number of hydrogen-bond acceptors (Lipinski definition) is 3. The summed E-state index contributed by atoms with van der Waals surface area (Å²) in [6.45, 7) is 1.22. The lowest BCUT2D eigenvalue weighted by molar-refractivity contribution is -0.144.